The van der Waals surface area contributed by atoms with Crippen LogP contribution in [0.15, 0.2) is 24.4 Å². The molecule has 11 heteroatoms. The van der Waals surface area contributed by atoms with Crippen LogP contribution in [-0.4, -0.2) is 30.4 Å². The largest absolute Gasteiger partial charge is 0.323 e. The molecule has 30 heavy (non-hydrogen) atoms. The molecule has 0 saturated heterocycles. The van der Waals surface area contributed by atoms with Gasteiger partial charge < -0.3 is 5.32 Å². The Hall–Kier alpha value is -2.91. The van der Waals surface area contributed by atoms with Crippen LogP contribution in [0.3, 0.4) is 0 Å². The van der Waals surface area contributed by atoms with E-state index in [9.17, 15) is 14.9 Å². The van der Waals surface area contributed by atoms with Crippen molar-refractivity contribution >= 4 is 40.5 Å². The van der Waals surface area contributed by atoms with Gasteiger partial charge in [0.05, 0.1) is 28.5 Å². The highest BCUT2D eigenvalue weighted by Gasteiger charge is 2.18. The Morgan fingerprint density at radius 1 is 1.17 bits per heavy atom. The number of carbonyl (C=O) groups is 1. The van der Waals surface area contributed by atoms with E-state index in [0.29, 0.717) is 33.7 Å². The molecule has 3 rings (SSSR count). The second-order valence-electron chi connectivity index (χ2n) is 6.82. The van der Waals surface area contributed by atoms with Crippen LogP contribution in [0.4, 0.5) is 11.4 Å². The lowest BCUT2D eigenvalue weighted by Gasteiger charge is -2.10. The van der Waals surface area contributed by atoms with Crippen LogP contribution in [-0.2, 0) is 17.9 Å². The van der Waals surface area contributed by atoms with Gasteiger partial charge in [-0.3, -0.25) is 24.3 Å². The Morgan fingerprint density at radius 2 is 1.83 bits per heavy atom. The summed E-state index contributed by atoms with van der Waals surface area (Å²) in [6, 6.07) is 5.30. The Kier molecular flexibility index (Phi) is 6.42. The molecule has 0 radical (unpaired) electrons. The first-order chi connectivity index (χ1) is 14.2. The van der Waals surface area contributed by atoms with Gasteiger partial charge in [0.15, 0.2) is 0 Å². The summed E-state index contributed by atoms with van der Waals surface area (Å²) < 4.78 is 3.13. The minimum atomic E-state index is -0.495. The Labute approximate surface area is 182 Å². The van der Waals surface area contributed by atoms with Crippen LogP contribution in [0.1, 0.15) is 29.1 Å². The number of carbonyl (C=O) groups excluding carboxylic acids is 1. The van der Waals surface area contributed by atoms with Crippen molar-refractivity contribution in [3.8, 4) is 0 Å². The molecule has 3 aromatic rings. The summed E-state index contributed by atoms with van der Waals surface area (Å²) in [6.07, 6.45) is 1.43. The van der Waals surface area contributed by atoms with Crippen LogP contribution in [0.25, 0.3) is 0 Å². The van der Waals surface area contributed by atoms with Gasteiger partial charge in [-0.2, -0.15) is 10.2 Å². The van der Waals surface area contributed by atoms with Gasteiger partial charge in [0.25, 0.3) is 0 Å². The molecule has 1 N–H and O–H groups in total. The van der Waals surface area contributed by atoms with Gasteiger partial charge in [-0.1, -0.05) is 29.3 Å². The van der Waals surface area contributed by atoms with Crippen LogP contribution in [0.5, 0.6) is 0 Å². The van der Waals surface area contributed by atoms with E-state index in [-0.39, 0.29) is 24.6 Å². The first-order valence-corrected chi connectivity index (χ1v) is 9.88. The van der Waals surface area contributed by atoms with Crippen molar-refractivity contribution in [3.63, 3.8) is 0 Å². The third-order valence-electron chi connectivity index (χ3n) is 4.70. The Bertz CT molecular complexity index is 1100. The van der Waals surface area contributed by atoms with Gasteiger partial charge in [0.2, 0.25) is 5.91 Å². The number of aryl methyl sites for hydroxylation is 3. The number of hydrogen-bond donors (Lipinski definition) is 1. The average Bonchev–Trinajstić information content (AvgIpc) is 3.18. The topological polar surface area (TPSA) is 108 Å². The number of nitro groups is 1. The molecule has 158 valence electrons. The minimum absolute atomic E-state index is 0.0680. The van der Waals surface area contributed by atoms with Crippen LogP contribution < -0.4 is 5.32 Å². The summed E-state index contributed by atoms with van der Waals surface area (Å²) in [5.41, 5.74) is 3.04. The first kappa shape index (κ1) is 21.8. The summed E-state index contributed by atoms with van der Waals surface area (Å²) >= 11 is 12.5. The summed E-state index contributed by atoms with van der Waals surface area (Å²) in [6.45, 7) is 5.80. The zero-order chi connectivity index (χ0) is 22.0. The molecule has 1 amide bonds. The number of nitrogens with zero attached hydrogens (tertiary/aromatic N) is 5. The van der Waals surface area contributed by atoms with Crippen LogP contribution in [0, 0.1) is 30.9 Å². The predicted molar refractivity (Wildman–Crippen MR) is 114 cm³/mol. The average molecular weight is 451 g/mol. The fourth-order valence-electron chi connectivity index (χ4n) is 3.08. The highest BCUT2D eigenvalue weighted by atomic mass is 35.5. The van der Waals surface area contributed by atoms with Gasteiger partial charge in [0, 0.05) is 28.6 Å². The van der Waals surface area contributed by atoms with Gasteiger partial charge in [-0.25, -0.2) is 0 Å². The van der Waals surface area contributed by atoms with E-state index in [0.717, 1.165) is 11.3 Å². The van der Waals surface area contributed by atoms with E-state index in [2.05, 4.69) is 15.5 Å². The monoisotopic (exact) mass is 450 g/mol. The van der Waals surface area contributed by atoms with E-state index < -0.39 is 4.92 Å². The quantitative estimate of drug-likeness (QED) is 0.426. The number of anilines is 1. The van der Waals surface area contributed by atoms with Crippen molar-refractivity contribution in [1.82, 2.24) is 19.6 Å². The van der Waals surface area contributed by atoms with Crippen molar-refractivity contribution in [2.45, 2.75) is 40.3 Å². The SMILES string of the molecule is Cc1nn(CCC(=O)Nc2c(C)nn(Cc3c(Cl)cccc3Cl)c2C)cc1[N+](=O)[O-]. The number of amides is 1. The third kappa shape index (κ3) is 4.63. The van der Waals surface area contributed by atoms with Crippen molar-refractivity contribution in [2.24, 2.45) is 0 Å². The third-order valence-corrected chi connectivity index (χ3v) is 5.41. The van der Waals surface area contributed by atoms with E-state index in [1.807, 2.05) is 6.92 Å². The highest BCUT2D eigenvalue weighted by molar-refractivity contribution is 6.35. The zero-order valence-electron chi connectivity index (χ0n) is 16.6. The number of aromatic nitrogens is 4. The fourth-order valence-corrected chi connectivity index (χ4v) is 3.60. The maximum absolute atomic E-state index is 12.4. The predicted octanol–water partition coefficient (Wildman–Crippen LogP) is 4.30. The first-order valence-electron chi connectivity index (χ1n) is 9.12. The maximum Gasteiger partial charge on any atom is 0.309 e. The molecule has 2 heterocycles. The minimum Gasteiger partial charge on any atom is -0.323 e. The molecule has 0 aliphatic heterocycles. The van der Waals surface area contributed by atoms with Crippen molar-refractivity contribution in [3.05, 3.63) is 67.2 Å². The van der Waals surface area contributed by atoms with E-state index in [1.165, 1.54) is 10.9 Å². The van der Waals surface area contributed by atoms with Crippen LogP contribution >= 0.6 is 23.2 Å². The van der Waals surface area contributed by atoms with E-state index >= 15 is 0 Å². The van der Waals surface area contributed by atoms with E-state index in [4.69, 9.17) is 23.2 Å². The Morgan fingerprint density at radius 3 is 2.43 bits per heavy atom. The number of halogens is 2. The zero-order valence-corrected chi connectivity index (χ0v) is 18.2. The highest BCUT2D eigenvalue weighted by Crippen LogP contribution is 2.27. The van der Waals surface area contributed by atoms with Gasteiger partial charge >= 0.3 is 5.69 Å². The fraction of sp³-hybridized carbons (Fsp3) is 0.316. The van der Waals surface area contributed by atoms with Gasteiger partial charge in [0.1, 0.15) is 11.9 Å². The lowest BCUT2D eigenvalue weighted by atomic mass is 10.2. The van der Waals surface area contributed by atoms with Crippen molar-refractivity contribution in [2.75, 3.05) is 5.32 Å². The molecule has 0 bridgehead atoms. The number of hydrogen-bond acceptors (Lipinski definition) is 5. The lowest BCUT2D eigenvalue weighted by Crippen LogP contribution is -2.16. The Balaban J connectivity index is 1.69. The summed E-state index contributed by atoms with van der Waals surface area (Å²) in [5.74, 6) is -0.243. The molecular formula is C19H20Cl2N6O3. The molecule has 2 aromatic heterocycles. The molecule has 0 unspecified atom stereocenters. The number of benzene rings is 1. The molecular weight excluding hydrogens is 431 g/mol. The van der Waals surface area contributed by atoms with Gasteiger partial charge in [-0.05, 0) is 32.9 Å². The van der Waals surface area contributed by atoms with Crippen molar-refractivity contribution < 1.29 is 9.72 Å². The van der Waals surface area contributed by atoms with Crippen molar-refractivity contribution in [1.29, 1.82) is 0 Å². The lowest BCUT2D eigenvalue weighted by molar-refractivity contribution is -0.385. The molecule has 0 fully saturated rings. The second kappa shape index (κ2) is 8.85. The molecule has 0 atom stereocenters. The number of nitrogens with one attached hydrogen (secondary N) is 1. The standard InChI is InChI=1S/C19H20Cl2N6O3/c1-11-17(27(29)30)10-25(23-11)8-7-18(28)22-19-12(2)24-26(13(19)3)9-14-15(20)5-4-6-16(14)21/h4-6,10H,7-9H2,1-3H3,(H,22,28). The smallest absolute Gasteiger partial charge is 0.309 e. The van der Waals surface area contributed by atoms with Crippen LogP contribution in [0.2, 0.25) is 10.0 Å². The van der Waals surface area contributed by atoms with E-state index in [1.54, 1.807) is 36.7 Å². The molecule has 0 saturated carbocycles. The molecule has 9 nitrogen and oxygen atoms in total. The normalized spacial score (nSPS) is 11.0. The molecule has 0 spiro atoms. The molecule has 0 aliphatic rings. The molecule has 0 aliphatic carbocycles. The summed E-state index contributed by atoms with van der Waals surface area (Å²) in [4.78, 5) is 22.8. The van der Waals surface area contributed by atoms with Gasteiger partial charge in [-0.15, -0.1) is 0 Å². The summed E-state index contributed by atoms with van der Waals surface area (Å²) in [5, 5.41) is 23.4. The second-order valence-corrected chi connectivity index (χ2v) is 7.64. The maximum atomic E-state index is 12.4. The molecule has 1 aromatic carbocycles. The summed E-state index contributed by atoms with van der Waals surface area (Å²) in [7, 11) is 0. The number of rotatable bonds is 7.